The van der Waals surface area contributed by atoms with Gasteiger partial charge in [-0.2, -0.15) is 13.2 Å². The summed E-state index contributed by atoms with van der Waals surface area (Å²) in [5.41, 5.74) is 0.469. The second kappa shape index (κ2) is 6.99. The number of thioether (sulfide) groups is 1. The molecule has 1 unspecified atom stereocenters. The molecule has 0 aliphatic carbocycles. The fourth-order valence-corrected chi connectivity index (χ4v) is 2.73. The van der Waals surface area contributed by atoms with Crippen LogP contribution in [0.5, 0.6) is 0 Å². The van der Waals surface area contributed by atoms with Gasteiger partial charge in [-0.15, -0.1) is 10.2 Å². The van der Waals surface area contributed by atoms with Crippen LogP contribution in [0.15, 0.2) is 29.7 Å². The van der Waals surface area contributed by atoms with Gasteiger partial charge in [0, 0.05) is 25.0 Å². The smallest absolute Gasteiger partial charge is 0.358 e. The summed E-state index contributed by atoms with van der Waals surface area (Å²) < 4.78 is 39.6. The molecule has 2 heterocycles. The Morgan fingerprint density at radius 1 is 1.35 bits per heavy atom. The molecule has 1 amide bonds. The van der Waals surface area contributed by atoms with Crippen molar-refractivity contribution >= 4 is 17.7 Å². The van der Waals surface area contributed by atoms with Crippen molar-refractivity contribution in [1.29, 1.82) is 0 Å². The van der Waals surface area contributed by atoms with E-state index in [9.17, 15) is 18.0 Å². The standard InChI is InChI=1S/C13H14F3N5OS/c1-8(11(22)17-2)23-12-20-19-10(9-3-5-18-6-4-9)21(12)7-13(14,15)16/h3-6,8H,7H2,1-2H3,(H,17,22). The number of amides is 1. The summed E-state index contributed by atoms with van der Waals surface area (Å²) in [6.07, 6.45) is -1.51. The Bertz CT molecular complexity index is 674. The van der Waals surface area contributed by atoms with E-state index in [0.717, 1.165) is 16.3 Å². The zero-order chi connectivity index (χ0) is 17.0. The molecule has 10 heteroatoms. The van der Waals surface area contributed by atoms with Gasteiger partial charge < -0.3 is 5.32 Å². The summed E-state index contributed by atoms with van der Waals surface area (Å²) in [7, 11) is 1.46. The number of nitrogens with one attached hydrogen (secondary N) is 1. The highest BCUT2D eigenvalue weighted by molar-refractivity contribution is 8.00. The summed E-state index contributed by atoms with van der Waals surface area (Å²) >= 11 is 0.921. The maximum atomic E-state index is 12.9. The maximum absolute atomic E-state index is 12.9. The van der Waals surface area contributed by atoms with Gasteiger partial charge in [-0.3, -0.25) is 14.3 Å². The first-order chi connectivity index (χ1) is 10.8. The van der Waals surface area contributed by atoms with E-state index in [2.05, 4.69) is 20.5 Å². The van der Waals surface area contributed by atoms with Crippen LogP contribution >= 0.6 is 11.8 Å². The van der Waals surface area contributed by atoms with Crippen molar-refractivity contribution < 1.29 is 18.0 Å². The van der Waals surface area contributed by atoms with Gasteiger partial charge in [0.25, 0.3) is 0 Å². The van der Waals surface area contributed by atoms with Gasteiger partial charge in [-0.25, -0.2) is 0 Å². The van der Waals surface area contributed by atoms with Gasteiger partial charge in [-0.05, 0) is 19.1 Å². The Balaban J connectivity index is 2.39. The van der Waals surface area contributed by atoms with Crippen LogP contribution in [-0.2, 0) is 11.3 Å². The number of alkyl halides is 3. The normalized spacial score (nSPS) is 12.9. The highest BCUT2D eigenvalue weighted by Crippen LogP contribution is 2.30. The molecule has 0 saturated heterocycles. The number of aromatic nitrogens is 4. The molecule has 2 aromatic rings. The lowest BCUT2D eigenvalue weighted by Gasteiger charge is -2.14. The second-order valence-corrected chi connectivity index (χ2v) is 5.93. The third-order valence-electron chi connectivity index (χ3n) is 2.89. The molecule has 0 aliphatic rings. The zero-order valence-electron chi connectivity index (χ0n) is 12.3. The van der Waals surface area contributed by atoms with Crippen LogP contribution in [0.1, 0.15) is 6.92 Å². The fourth-order valence-electron chi connectivity index (χ4n) is 1.83. The van der Waals surface area contributed by atoms with E-state index >= 15 is 0 Å². The predicted octanol–water partition coefficient (Wildman–Crippen LogP) is 2.13. The lowest BCUT2D eigenvalue weighted by molar-refractivity contribution is -0.141. The minimum absolute atomic E-state index is 0.0326. The zero-order valence-corrected chi connectivity index (χ0v) is 13.1. The van der Waals surface area contributed by atoms with Gasteiger partial charge in [-0.1, -0.05) is 11.8 Å². The van der Waals surface area contributed by atoms with Crippen molar-refractivity contribution in [2.45, 2.75) is 30.1 Å². The SMILES string of the molecule is CNC(=O)C(C)Sc1nnc(-c2ccncc2)n1CC(F)(F)F. The van der Waals surface area contributed by atoms with E-state index in [0.29, 0.717) is 5.56 Å². The predicted molar refractivity (Wildman–Crippen MR) is 78.7 cm³/mol. The molecule has 0 fully saturated rings. The molecule has 2 aromatic heterocycles. The highest BCUT2D eigenvalue weighted by Gasteiger charge is 2.32. The Morgan fingerprint density at radius 2 is 2.00 bits per heavy atom. The quantitative estimate of drug-likeness (QED) is 0.841. The van der Waals surface area contributed by atoms with Crippen LogP contribution in [0, 0.1) is 0 Å². The molecule has 1 N–H and O–H groups in total. The first-order valence-corrected chi connectivity index (χ1v) is 7.48. The number of carbonyl (C=O) groups is 1. The van der Waals surface area contributed by atoms with Crippen LogP contribution in [0.25, 0.3) is 11.4 Å². The first kappa shape index (κ1) is 17.3. The molecule has 2 rings (SSSR count). The van der Waals surface area contributed by atoms with Crippen molar-refractivity contribution in [2.24, 2.45) is 0 Å². The van der Waals surface area contributed by atoms with E-state index in [4.69, 9.17) is 0 Å². The minimum Gasteiger partial charge on any atom is -0.358 e. The van der Waals surface area contributed by atoms with E-state index in [1.807, 2.05) is 0 Å². The molecule has 0 bridgehead atoms. The average Bonchev–Trinajstić information content (AvgIpc) is 2.88. The lowest BCUT2D eigenvalue weighted by atomic mass is 10.2. The maximum Gasteiger partial charge on any atom is 0.406 e. The molecule has 0 saturated carbocycles. The van der Waals surface area contributed by atoms with Crippen molar-refractivity contribution in [3.8, 4) is 11.4 Å². The molecule has 0 spiro atoms. The topological polar surface area (TPSA) is 72.7 Å². The van der Waals surface area contributed by atoms with E-state index in [1.165, 1.54) is 19.4 Å². The Labute approximate surface area is 134 Å². The minimum atomic E-state index is -4.43. The van der Waals surface area contributed by atoms with Crippen molar-refractivity contribution in [2.75, 3.05) is 7.05 Å². The largest absolute Gasteiger partial charge is 0.406 e. The molecule has 0 aliphatic heterocycles. The summed E-state index contributed by atoms with van der Waals surface area (Å²) in [6, 6.07) is 3.10. The van der Waals surface area contributed by atoms with Crippen molar-refractivity contribution in [3.05, 3.63) is 24.5 Å². The summed E-state index contributed by atoms with van der Waals surface area (Å²) in [5, 5.41) is 9.53. The monoisotopic (exact) mass is 345 g/mol. The molecule has 23 heavy (non-hydrogen) atoms. The van der Waals surface area contributed by atoms with Crippen LogP contribution < -0.4 is 5.32 Å². The van der Waals surface area contributed by atoms with E-state index in [-0.39, 0.29) is 16.9 Å². The first-order valence-electron chi connectivity index (χ1n) is 6.60. The Kier molecular flexibility index (Phi) is 5.24. The van der Waals surface area contributed by atoms with Crippen molar-refractivity contribution in [3.63, 3.8) is 0 Å². The number of hydrogen-bond donors (Lipinski definition) is 1. The molecule has 1 atom stereocenters. The van der Waals surface area contributed by atoms with Gasteiger partial charge in [0.1, 0.15) is 6.54 Å². The average molecular weight is 345 g/mol. The van der Waals surface area contributed by atoms with E-state index < -0.39 is 18.0 Å². The molecular weight excluding hydrogens is 331 g/mol. The third-order valence-corrected chi connectivity index (χ3v) is 3.97. The molecule has 124 valence electrons. The molecule has 0 radical (unpaired) electrons. The number of nitrogens with zero attached hydrogens (tertiary/aromatic N) is 4. The van der Waals surface area contributed by atoms with Crippen molar-refractivity contribution in [1.82, 2.24) is 25.1 Å². The Morgan fingerprint density at radius 3 is 2.57 bits per heavy atom. The second-order valence-electron chi connectivity index (χ2n) is 4.62. The van der Waals surface area contributed by atoms with Crippen LogP contribution in [-0.4, -0.2) is 44.1 Å². The number of carbonyl (C=O) groups excluding carboxylic acids is 1. The van der Waals surface area contributed by atoms with Crippen LogP contribution in [0.3, 0.4) is 0 Å². The molecule has 0 aromatic carbocycles. The van der Waals surface area contributed by atoms with Gasteiger partial charge in [0.15, 0.2) is 11.0 Å². The van der Waals surface area contributed by atoms with Gasteiger partial charge >= 0.3 is 6.18 Å². The lowest BCUT2D eigenvalue weighted by Crippen LogP contribution is -2.28. The summed E-state index contributed by atoms with van der Waals surface area (Å²) in [6.45, 7) is 0.350. The number of rotatable bonds is 5. The Hall–Kier alpha value is -2.10. The van der Waals surface area contributed by atoms with Gasteiger partial charge in [0.2, 0.25) is 5.91 Å². The molecular formula is C13H14F3N5OS. The number of pyridine rings is 1. The summed E-state index contributed by atoms with van der Waals surface area (Å²) in [5.74, 6) is -0.224. The number of halogens is 3. The molecule has 6 nitrogen and oxygen atoms in total. The van der Waals surface area contributed by atoms with E-state index in [1.54, 1.807) is 19.1 Å². The van der Waals surface area contributed by atoms with Gasteiger partial charge in [0.05, 0.1) is 5.25 Å². The summed E-state index contributed by atoms with van der Waals surface area (Å²) in [4.78, 5) is 15.4. The van der Waals surface area contributed by atoms with Crippen LogP contribution in [0.2, 0.25) is 0 Å². The van der Waals surface area contributed by atoms with Crippen LogP contribution in [0.4, 0.5) is 13.2 Å². The highest BCUT2D eigenvalue weighted by atomic mass is 32.2. The third kappa shape index (κ3) is 4.44. The fraction of sp³-hybridized carbons (Fsp3) is 0.385. The number of hydrogen-bond acceptors (Lipinski definition) is 5.